The summed E-state index contributed by atoms with van der Waals surface area (Å²) in [5.74, 6) is 0.742. The zero-order valence-corrected chi connectivity index (χ0v) is 12.9. The fourth-order valence-corrected chi connectivity index (χ4v) is 3.01. The maximum atomic E-state index is 3.64. The normalized spacial score (nSPS) is 17.0. The van der Waals surface area contributed by atoms with Crippen LogP contribution < -0.4 is 10.2 Å². The van der Waals surface area contributed by atoms with E-state index >= 15 is 0 Å². The molecule has 1 aromatic carbocycles. The van der Waals surface area contributed by atoms with Crippen LogP contribution in [0.1, 0.15) is 45.6 Å². The third kappa shape index (κ3) is 3.89. The van der Waals surface area contributed by atoms with Crippen LogP contribution in [-0.4, -0.2) is 19.1 Å². The van der Waals surface area contributed by atoms with E-state index in [-0.39, 0.29) is 0 Å². The summed E-state index contributed by atoms with van der Waals surface area (Å²) in [5.41, 5.74) is 4.04. The topological polar surface area (TPSA) is 15.3 Å². The summed E-state index contributed by atoms with van der Waals surface area (Å²) < 4.78 is 0. The number of hydrogen-bond donors (Lipinski definition) is 1. The van der Waals surface area contributed by atoms with Gasteiger partial charge in [0.05, 0.1) is 0 Å². The minimum absolute atomic E-state index is 0.538. The molecule has 0 bridgehead atoms. The fraction of sp³-hybridized carbons (Fsp3) is 0.647. The molecule has 1 aliphatic rings. The predicted octanol–water partition coefficient (Wildman–Crippen LogP) is 4.44. The quantitative estimate of drug-likeness (QED) is 0.842. The first-order valence-electron chi connectivity index (χ1n) is 7.68. The maximum absolute atomic E-state index is 3.64. The molecule has 106 valence electrons. The maximum Gasteiger partial charge on any atom is 0.0373 e. The molecule has 2 nitrogen and oxygen atoms in total. The predicted molar refractivity (Wildman–Crippen MR) is 85.2 cm³/mol. The number of hydrogen-bond acceptors (Lipinski definition) is 2. The first-order chi connectivity index (χ1) is 9.06. The first-order valence-corrected chi connectivity index (χ1v) is 7.68. The summed E-state index contributed by atoms with van der Waals surface area (Å²) in [4.78, 5) is 2.49. The van der Waals surface area contributed by atoms with Gasteiger partial charge in [-0.2, -0.15) is 0 Å². The Morgan fingerprint density at radius 3 is 2.42 bits per heavy atom. The Morgan fingerprint density at radius 1 is 1.16 bits per heavy atom. The van der Waals surface area contributed by atoms with Crippen molar-refractivity contribution in [2.45, 2.75) is 53.0 Å². The molecule has 1 aliphatic heterocycles. The number of nitrogens with zero attached hydrogens (tertiary/aromatic N) is 1. The Hall–Kier alpha value is -1.18. The minimum Gasteiger partial charge on any atom is -0.382 e. The lowest BCUT2D eigenvalue weighted by molar-refractivity contribution is 0.539. The molecule has 1 atom stereocenters. The Morgan fingerprint density at radius 2 is 1.84 bits per heavy atom. The molecular formula is C17H28N2. The van der Waals surface area contributed by atoms with Crippen LogP contribution in [0.5, 0.6) is 0 Å². The van der Waals surface area contributed by atoms with Crippen LogP contribution in [0, 0.1) is 12.8 Å². The van der Waals surface area contributed by atoms with Gasteiger partial charge in [-0.15, -0.1) is 0 Å². The van der Waals surface area contributed by atoms with E-state index in [0.29, 0.717) is 6.04 Å². The zero-order valence-electron chi connectivity index (χ0n) is 12.9. The Balaban J connectivity index is 2.02. The summed E-state index contributed by atoms with van der Waals surface area (Å²) in [6.45, 7) is 11.5. The van der Waals surface area contributed by atoms with Gasteiger partial charge in [-0.3, -0.25) is 0 Å². The van der Waals surface area contributed by atoms with Crippen LogP contribution in [0.25, 0.3) is 0 Å². The lowest BCUT2D eigenvalue weighted by Crippen LogP contribution is -2.19. The Kier molecular flexibility index (Phi) is 4.73. The molecule has 0 aromatic heterocycles. The average Bonchev–Trinajstić information content (AvgIpc) is 2.84. The van der Waals surface area contributed by atoms with E-state index in [1.807, 2.05) is 0 Å². The van der Waals surface area contributed by atoms with Crippen LogP contribution in [0.3, 0.4) is 0 Å². The van der Waals surface area contributed by atoms with Crippen molar-refractivity contribution in [1.29, 1.82) is 0 Å². The molecule has 0 saturated carbocycles. The van der Waals surface area contributed by atoms with Gasteiger partial charge in [0.15, 0.2) is 0 Å². The molecule has 0 radical (unpaired) electrons. The van der Waals surface area contributed by atoms with Gasteiger partial charge in [0.1, 0.15) is 0 Å². The average molecular weight is 260 g/mol. The summed E-state index contributed by atoms with van der Waals surface area (Å²) in [7, 11) is 0. The summed E-state index contributed by atoms with van der Waals surface area (Å²) in [5, 5.41) is 3.64. The van der Waals surface area contributed by atoms with E-state index in [9.17, 15) is 0 Å². The summed E-state index contributed by atoms with van der Waals surface area (Å²) in [6.07, 6.45) is 3.89. The second-order valence-electron chi connectivity index (χ2n) is 6.37. The Bertz CT molecular complexity index is 406. The van der Waals surface area contributed by atoms with Gasteiger partial charge in [0.25, 0.3) is 0 Å². The van der Waals surface area contributed by atoms with Crippen molar-refractivity contribution in [2.75, 3.05) is 23.3 Å². The zero-order chi connectivity index (χ0) is 13.8. The number of aryl methyl sites for hydroxylation is 1. The highest BCUT2D eigenvalue weighted by molar-refractivity contribution is 5.60. The molecule has 2 heteroatoms. The first kappa shape index (κ1) is 14.2. The molecule has 0 aliphatic carbocycles. The summed E-state index contributed by atoms with van der Waals surface area (Å²) >= 11 is 0. The third-order valence-electron chi connectivity index (χ3n) is 3.91. The van der Waals surface area contributed by atoms with Crippen LogP contribution in [0.4, 0.5) is 11.4 Å². The van der Waals surface area contributed by atoms with Gasteiger partial charge in [0, 0.05) is 30.5 Å². The molecule has 0 amide bonds. The highest BCUT2D eigenvalue weighted by Gasteiger charge is 2.13. The third-order valence-corrected chi connectivity index (χ3v) is 3.91. The van der Waals surface area contributed by atoms with Crippen LogP contribution in [0.2, 0.25) is 0 Å². The monoisotopic (exact) mass is 260 g/mol. The van der Waals surface area contributed by atoms with E-state index in [1.54, 1.807) is 0 Å². The number of benzene rings is 1. The number of anilines is 2. The highest BCUT2D eigenvalue weighted by Crippen LogP contribution is 2.26. The molecule has 1 heterocycles. The van der Waals surface area contributed by atoms with Gasteiger partial charge in [0.2, 0.25) is 0 Å². The molecule has 1 unspecified atom stereocenters. The Labute approximate surface area is 118 Å². The van der Waals surface area contributed by atoms with Crippen LogP contribution in [0.15, 0.2) is 18.2 Å². The van der Waals surface area contributed by atoms with E-state index in [2.05, 4.69) is 56.1 Å². The molecule has 2 rings (SSSR count). The van der Waals surface area contributed by atoms with Crippen molar-refractivity contribution in [3.8, 4) is 0 Å². The fourth-order valence-electron chi connectivity index (χ4n) is 3.01. The van der Waals surface area contributed by atoms with Crippen LogP contribution >= 0.6 is 0 Å². The standard InChI is InChI=1S/C17H28N2/c1-13(2)11-15(4)18-17-8-7-16(12-14(17)3)19-9-5-6-10-19/h7-8,12-13,15,18H,5-6,9-11H2,1-4H3. The molecule has 1 saturated heterocycles. The van der Waals surface area contributed by atoms with Gasteiger partial charge in [-0.25, -0.2) is 0 Å². The van der Waals surface area contributed by atoms with Crippen molar-refractivity contribution < 1.29 is 0 Å². The SMILES string of the molecule is Cc1cc(N2CCCC2)ccc1NC(C)CC(C)C. The molecule has 0 spiro atoms. The second-order valence-corrected chi connectivity index (χ2v) is 6.37. The van der Waals surface area contributed by atoms with Crippen molar-refractivity contribution in [3.63, 3.8) is 0 Å². The second kappa shape index (κ2) is 6.31. The lowest BCUT2D eigenvalue weighted by atomic mass is 10.0. The number of nitrogens with one attached hydrogen (secondary N) is 1. The number of rotatable bonds is 5. The summed E-state index contributed by atoms with van der Waals surface area (Å²) in [6, 6.07) is 7.38. The van der Waals surface area contributed by atoms with Crippen molar-refractivity contribution >= 4 is 11.4 Å². The van der Waals surface area contributed by atoms with E-state index in [1.165, 1.54) is 49.3 Å². The molecule has 1 fully saturated rings. The van der Waals surface area contributed by atoms with Crippen molar-refractivity contribution in [3.05, 3.63) is 23.8 Å². The highest BCUT2D eigenvalue weighted by atomic mass is 15.1. The van der Waals surface area contributed by atoms with Crippen LogP contribution in [-0.2, 0) is 0 Å². The largest absolute Gasteiger partial charge is 0.382 e. The molecule has 1 N–H and O–H groups in total. The van der Waals surface area contributed by atoms with Crippen molar-refractivity contribution in [1.82, 2.24) is 0 Å². The van der Waals surface area contributed by atoms with Crippen molar-refractivity contribution in [2.24, 2.45) is 5.92 Å². The van der Waals surface area contributed by atoms with E-state index in [0.717, 1.165) is 5.92 Å². The van der Waals surface area contributed by atoms with Gasteiger partial charge >= 0.3 is 0 Å². The molecular weight excluding hydrogens is 232 g/mol. The van der Waals surface area contributed by atoms with E-state index in [4.69, 9.17) is 0 Å². The van der Waals surface area contributed by atoms with Gasteiger partial charge < -0.3 is 10.2 Å². The smallest absolute Gasteiger partial charge is 0.0373 e. The van der Waals surface area contributed by atoms with Gasteiger partial charge in [-0.1, -0.05) is 13.8 Å². The molecule has 1 aromatic rings. The minimum atomic E-state index is 0.538. The lowest BCUT2D eigenvalue weighted by Gasteiger charge is -2.22. The molecule has 19 heavy (non-hydrogen) atoms. The van der Waals surface area contributed by atoms with Gasteiger partial charge in [-0.05, 0) is 62.8 Å². The van der Waals surface area contributed by atoms with E-state index < -0.39 is 0 Å².